The highest BCUT2D eigenvalue weighted by molar-refractivity contribution is 5.90. The maximum Gasteiger partial charge on any atom is 0.336 e. The van der Waals surface area contributed by atoms with Gasteiger partial charge in [0.25, 0.3) is 0 Å². The van der Waals surface area contributed by atoms with Gasteiger partial charge in [0.15, 0.2) is 0 Å². The first kappa shape index (κ1) is 17.2. The highest BCUT2D eigenvalue weighted by Gasteiger charge is 2.08. The Morgan fingerprint density at radius 2 is 1.55 bits per heavy atom. The Kier molecular flexibility index (Phi) is 6.09. The van der Waals surface area contributed by atoms with Crippen LogP contribution in [0.3, 0.4) is 0 Å². The highest BCUT2D eigenvalue weighted by atomic mass is 16.4. The predicted molar refractivity (Wildman–Crippen MR) is 79.1 cm³/mol. The van der Waals surface area contributed by atoms with Crippen molar-refractivity contribution >= 4 is 11.9 Å². The zero-order valence-corrected chi connectivity index (χ0v) is 11.9. The van der Waals surface area contributed by atoms with Crippen molar-refractivity contribution in [3.63, 3.8) is 0 Å². The summed E-state index contributed by atoms with van der Waals surface area (Å²) in [5, 5.41) is 34.8. The quantitative estimate of drug-likeness (QED) is 0.691. The van der Waals surface area contributed by atoms with Gasteiger partial charge in [-0.25, -0.2) is 9.59 Å². The van der Waals surface area contributed by atoms with Crippen LogP contribution >= 0.6 is 0 Å². The van der Waals surface area contributed by atoms with Gasteiger partial charge < -0.3 is 20.4 Å². The summed E-state index contributed by atoms with van der Waals surface area (Å²) in [6.07, 6.45) is 0. The van der Waals surface area contributed by atoms with E-state index in [2.05, 4.69) is 0 Å². The Hall–Kier alpha value is -2.86. The fourth-order valence-corrected chi connectivity index (χ4v) is 1.61. The zero-order chi connectivity index (χ0) is 16.7. The van der Waals surface area contributed by atoms with Gasteiger partial charge >= 0.3 is 11.9 Å². The van der Waals surface area contributed by atoms with Crippen molar-refractivity contribution in [2.75, 3.05) is 0 Å². The maximum absolute atomic E-state index is 10.5. The van der Waals surface area contributed by atoms with Crippen molar-refractivity contribution in [2.45, 2.75) is 13.5 Å². The summed E-state index contributed by atoms with van der Waals surface area (Å²) in [7, 11) is 0. The lowest BCUT2D eigenvalue weighted by Crippen LogP contribution is -1.98. The fraction of sp³-hybridized carbons (Fsp3) is 0.125. The van der Waals surface area contributed by atoms with Gasteiger partial charge in [0.2, 0.25) is 0 Å². The standard InChI is InChI=1S/2C8H8O3/c1-5-6(8(10)11)3-2-4-7(5)9;9-5-6-1-3-7(4-2-6)8(10)11/h2-4,9H,1H3,(H,10,11);1-4,9H,5H2,(H,10,11). The summed E-state index contributed by atoms with van der Waals surface area (Å²) < 4.78 is 0. The van der Waals surface area contributed by atoms with Crippen LogP contribution in [-0.2, 0) is 6.61 Å². The van der Waals surface area contributed by atoms with Gasteiger partial charge in [-0.3, -0.25) is 0 Å². The van der Waals surface area contributed by atoms with Crippen LogP contribution in [-0.4, -0.2) is 32.4 Å². The monoisotopic (exact) mass is 304 g/mol. The Bertz CT molecular complexity index is 661. The van der Waals surface area contributed by atoms with Crippen molar-refractivity contribution in [3.05, 3.63) is 64.7 Å². The van der Waals surface area contributed by atoms with Gasteiger partial charge in [-0.05, 0) is 36.8 Å². The number of aromatic carboxylic acids is 2. The summed E-state index contributed by atoms with van der Waals surface area (Å²) in [6.45, 7) is 1.51. The maximum atomic E-state index is 10.5. The fourth-order valence-electron chi connectivity index (χ4n) is 1.61. The van der Waals surface area contributed by atoms with Crippen LogP contribution in [0.15, 0.2) is 42.5 Å². The largest absolute Gasteiger partial charge is 0.508 e. The molecule has 0 heterocycles. The molecular weight excluding hydrogens is 288 g/mol. The molecule has 6 nitrogen and oxygen atoms in total. The number of rotatable bonds is 3. The van der Waals surface area contributed by atoms with Gasteiger partial charge in [0.05, 0.1) is 17.7 Å². The topological polar surface area (TPSA) is 115 Å². The number of phenolic OH excluding ortho intramolecular Hbond substituents is 1. The first-order chi connectivity index (χ1) is 10.4. The summed E-state index contributed by atoms with van der Waals surface area (Å²) in [5.74, 6) is -1.95. The number of phenols is 1. The Morgan fingerprint density at radius 3 is 1.95 bits per heavy atom. The van der Waals surface area contributed by atoms with Crippen molar-refractivity contribution in [2.24, 2.45) is 0 Å². The van der Waals surface area contributed by atoms with E-state index in [-0.39, 0.29) is 23.5 Å². The number of aliphatic hydroxyl groups is 1. The third kappa shape index (κ3) is 4.60. The summed E-state index contributed by atoms with van der Waals surface area (Å²) in [6, 6.07) is 10.5. The third-order valence-electron chi connectivity index (χ3n) is 2.92. The molecular formula is C16H16O6. The molecule has 116 valence electrons. The van der Waals surface area contributed by atoms with Crippen LogP contribution in [0.4, 0.5) is 0 Å². The molecule has 0 radical (unpaired) electrons. The average molecular weight is 304 g/mol. The molecule has 0 spiro atoms. The van der Waals surface area contributed by atoms with Crippen molar-refractivity contribution in [3.8, 4) is 5.75 Å². The van der Waals surface area contributed by atoms with Gasteiger partial charge in [0, 0.05) is 5.56 Å². The Balaban J connectivity index is 0.000000220. The van der Waals surface area contributed by atoms with E-state index in [1.54, 1.807) is 19.1 Å². The van der Waals surface area contributed by atoms with Crippen LogP contribution in [0.5, 0.6) is 5.75 Å². The minimum Gasteiger partial charge on any atom is -0.508 e. The average Bonchev–Trinajstić information content (AvgIpc) is 2.50. The minimum absolute atomic E-state index is 0.0184. The van der Waals surface area contributed by atoms with Gasteiger partial charge in [-0.2, -0.15) is 0 Å². The number of carbonyl (C=O) groups is 2. The second-order valence-corrected chi connectivity index (χ2v) is 4.42. The highest BCUT2D eigenvalue weighted by Crippen LogP contribution is 2.18. The molecule has 2 aromatic rings. The van der Waals surface area contributed by atoms with Crippen molar-refractivity contribution in [1.82, 2.24) is 0 Å². The molecule has 0 saturated carbocycles. The number of aliphatic hydroxyl groups excluding tert-OH is 1. The van der Waals surface area contributed by atoms with Crippen LogP contribution in [0.2, 0.25) is 0 Å². The minimum atomic E-state index is -1.02. The summed E-state index contributed by atoms with van der Waals surface area (Å²) in [5.41, 5.74) is 1.50. The van der Waals surface area contributed by atoms with Crippen LogP contribution in [0, 0.1) is 6.92 Å². The van der Waals surface area contributed by atoms with E-state index in [1.165, 1.54) is 30.3 Å². The Morgan fingerprint density at radius 1 is 0.955 bits per heavy atom. The first-order valence-corrected chi connectivity index (χ1v) is 6.31. The molecule has 22 heavy (non-hydrogen) atoms. The molecule has 2 rings (SSSR count). The number of benzene rings is 2. The van der Waals surface area contributed by atoms with Crippen LogP contribution < -0.4 is 0 Å². The Labute approximate surface area is 126 Å². The number of carboxylic acids is 2. The first-order valence-electron chi connectivity index (χ1n) is 6.31. The number of aromatic hydroxyl groups is 1. The lowest BCUT2D eigenvalue weighted by Gasteiger charge is -2.00. The van der Waals surface area contributed by atoms with Crippen LogP contribution in [0.25, 0.3) is 0 Å². The smallest absolute Gasteiger partial charge is 0.336 e. The zero-order valence-electron chi connectivity index (χ0n) is 11.9. The lowest BCUT2D eigenvalue weighted by molar-refractivity contribution is 0.0685. The molecule has 0 amide bonds. The van der Waals surface area contributed by atoms with E-state index in [4.69, 9.17) is 20.4 Å². The molecule has 0 unspecified atom stereocenters. The van der Waals surface area contributed by atoms with Crippen molar-refractivity contribution in [1.29, 1.82) is 0 Å². The SMILES string of the molecule is Cc1c(O)cccc1C(=O)O.O=C(O)c1ccc(CO)cc1. The molecule has 0 atom stereocenters. The molecule has 0 fully saturated rings. The van der Waals surface area contributed by atoms with Crippen LogP contribution in [0.1, 0.15) is 31.8 Å². The van der Waals surface area contributed by atoms with Crippen molar-refractivity contribution < 1.29 is 30.0 Å². The normalized spacial score (nSPS) is 9.55. The molecule has 0 aromatic heterocycles. The van der Waals surface area contributed by atoms with Gasteiger partial charge in [-0.15, -0.1) is 0 Å². The second kappa shape index (κ2) is 7.80. The summed E-state index contributed by atoms with van der Waals surface area (Å²) >= 11 is 0. The second-order valence-electron chi connectivity index (χ2n) is 4.42. The third-order valence-corrected chi connectivity index (χ3v) is 2.92. The van der Waals surface area contributed by atoms with E-state index in [1.807, 2.05) is 0 Å². The van der Waals surface area contributed by atoms with E-state index >= 15 is 0 Å². The molecule has 0 saturated heterocycles. The molecule has 0 bridgehead atoms. The van der Waals surface area contributed by atoms with Gasteiger partial charge in [0.1, 0.15) is 5.75 Å². The molecule has 0 aliphatic heterocycles. The van der Waals surface area contributed by atoms with Gasteiger partial charge in [-0.1, -0.05) is 18.2 Å². The molecule has 0 aliphatic carbocycles. The molecule has 4 N–H and O–H groups in total. The molecule has 6 heteroatoms. The van der Waals surface area contributed by atoms with E-state index in [0.717, 1.165) is 5.56 Å². The predicted octanol–water partition coefficient (Wildman–Crippen LogP) is 2.28. The molecule has 0 aliphatic rings. The molecule has 2 aromatic carbocycles. The van der Waals surface area contributed by atoms with E-state index in [9.17, 15) is 9.59 Å². The number of hydrogen-bond donors (Lipinski definition) is 4. The van der Waals surface area contributed by atoms with E-state index in [0.29, 0.717) is 5.56 Å². The lowest BCUT2D eigenvalue weighted by atomic mass is 10.1. The number of carboxylic acid groups (broad SMARTS) is 2. The van der Waals surface area contributed by atoms with E-state index < -0.39 is 11.9 Å². The number of hydrogen-bond acceptors (Lipinski definition) is 4. The summed E-state index contributed by atoms with van der Waals surface area (Å²) in [4.78, 5) is 20.8.